The van der Waals surface area contributed by atoms with Crippen LogP contribution in [-0.2, 0) is 0 Å². The maximum atomic E-state index is 10.4. The summed E-state index contributed by atoms with van der Waals surface area (Å²) in [5, 5.41) is 28.6. The van der Waals surface area contributed by atoms with E-state index in [1.54, 1.807) is 19.1 Å². The zero-order valence-corrected chi connectivity index (χ0v) is 24.9. The molecule has 2 fully saturated rings. The van der Waals surface area contributed by atoms with E-state index in [1.165, 1.54) is 31.7 Å². The molecule has 2 aliphatic heterocycles. The summed E-state index contributed by atoms with van der Waals surface area (Å²) in [6.45, 7) is 24.8. The third kappa shape index (κ3) is 13.2. The first-order valence-electron chi connectivity index (χ1n) is 13.3. The lowest BCUT2D eigenvalue weighted by atomic mass is 9.77. The largest absolute Gasteiger partial charge is 0.465 e. The molecule has 0 aromatic heterocycles. The number of aryl methyl sites for hydroxylation is 1. The molecule has 0 unspecified atom stereocenters. The molecule has 8 nitrogen and oxygen atoms in total. The van der Waals surface area contributed by atoms with Crippen LogP contribution in [0.1, 0.15) is 100 Å². The van der Waals surface area contributed by atoms with Gasteiger partial charge in [0.25, 0.3) is 0 Å². The SMILES string of the molecule is CC1CC(C)(C)NC(C)(C)C1.CC1CC(C)(C)NC(C)(C)C1.Cc1ccc(NC(=O)O)cc1NC(=O)O. The molecule has 2 heterocycles. The minimum Gasteiger partial charge on any atom is -0.465 e. The Hall–Kier alpha value is -2.32. The molecule has 0 atom stereocenters. The second-order valence-electron chi connectivity index (χ2n) is 13.7. The zero-order chi connectivity index (χ0) is 28.8. The number of carbonyl (C=O) groups is 2. The van der Waals surface area contributed by atoms with Crippen molar-refractivity contribution in [1.82, 2.24) is 10.6 Å². The van der Waals surface area contributed by atoms with Crippen molar-refractivity contribution in [2.24, 2.45) is 11.8 Å². The molecular weight excluding hydrogens is 468 g/mol. The van der Waals surface area contributed by atoms with E-state index >= 15 is 0 Å². The highest BCUT2D eigenvalue weighted by Gasteiger charge is 2.36. The third-order valence-corrected chi connectivity index (χ3v) is 6.52. The van der Waals surface area contributed by atoms with E-state index in [9.17, 15) is 9.59 Å². The van der Waals surface area contributed by atoms with Crippen LogP contribution in [0.15, 0.2) is 18.2 Å². The standard InChI is InChI=1S/2C10H21N.C9H10N2O4/c2*1-8-6-9(2,3)11-10(4,5)7-8;1-5-2-3-6(10-8(12)13)4-7(5)11-9(14)15/h2*8,11H,6-7H2,1-5H3;2-4,10-11H,1H3,(H,12,13)(H,14,15). The Balaban J connectivity index is 0.000000283. The van der Waals surface area contributed by atoms with E-state index in [0.717, 1.165) is 11.8 Å². The minimum absolute atomic E-state index is 0.317. The Morgan fingerprint density at radius 2 is 1.08 bits per heavy atom. The van der Waals surface area contributed by atoms with Crippen molar-refractivity contribution in [3.63, 3.8) is 0 Å². The number of anilines is 2. The number of carboxylic acid groups (broad SMARTS) is 2. The van der Waals surface area contributed by atoms with Crippen molar-refractivity contribution in [2.45, 2.75) is 124 Å². The quantitative estimate of drug-likeness (QED) is 0.243. The summed E-state index contributed by atoms with van der Waals surface area (Å²) >= 11 is 0. The van der Waals surface area contributed by atoms with E-state index in [2.05, 4.69) is 90.5 Å². The van der Waals surface area contributed by atoms with Crippen molar-refractivity contribution >= 4 is 23.6 Å². The molecule has 2 amide bonds. The molecule has 1 aromatic rings. The Labute approximate surface area is 224 Å². The van der Waals surface area contributed by atoms with Crippen LogP contribution in [0.25, 0.3) is 0 Å². The van der Waals surface area contributed by atoms with Gasteiger partial charge in [0.2, 0.25) is 0 Å². The molecule has 2 aliphatic rings. The summed E-state index contributed by atoms with van der Waals surface area (Å²) in [6, 6.07) is 4.59. The molecule has 2 saturated heterocycles. The molecule has 8 heteroatoms. The molecule has 0 radical (unpaired) electrons. The molecule has 3 rings (SSSR count). The first-order chi connectivity index (χ1) is 16.6. The predicted octanol–water partition coefficient (Wildman–Crippen LogP) is 7.30. The lowest BCUT2D eigenvalue weighted by Gasteiger charge is -2.45. The Bertz CT molecular complexity index is 856. The number of hydrogen-bond donors (Lipinski definition) is 6. The summed E-state index contributed by atoms with van der Waals surface area (Å²) < 4.78 is 0. The van der Waals surface area contributed by atoms with Crippen LogP contribution in [0, 0.1) is 18.8 Å². The van der Waals surface area contributed by atoms with Crippen molar-refractivity contribution in [3.05, 3.63) is 23.8 Å². The van der Waals surface area contributed by atoms with Crippen molar-refractivity contribution < 1.29 is 19.8 Å². The number of hydrogen-bond acceptors (Lipinski definition) is 4. The van der Waals surface area contributed by atoms with Crippen LogP contribution in [0.2, 0.25) is 0 Å². The van der Waals surface area contributed by atoms with Gasteiger partial charge < -0.3 is 20.8 Å². The minimum atomic E-state index is -1.19. The highest BCUT2D eigenvalue weighted by Crippen LogP contribution is 2.33. The average molecular weight is 521 g/mol. The van der Waals surface area contributed by atoms with Gasteiger partial charge in [0, 0.05) is 33.5 Å². The van der Waals surface area contributed by atoms with Crippen LogP contribution in [-0.4, -0.2) is 44.6 Å². The van der Waals surface area contributed by atoms with Crippen LogP contribution < -0.4 is 21.3 Å². The number of nitrogens with one attached hydrogen (secondary N) is 4. The maximum Gasteiger partial charge on any atom is 0.409 e. The molecule has 6 N–H and O–H groups in total. The first-order valence-corrected chi connectivity index (χ1v) is 13.3. The van der Waals surface area contributed by atoms with E-state index in [0.29, 0.717) is 39.1 Å². The van der Waals surface area contributed by atoms with Gasteiger partial charge in [0.05, 0.1) is 0 Å². The summed E-state index contributed by atoms with van der Waals surface area (Å²) in [7, 11) is 0. The summed E-state index contributed by atoms with van der Waals surface area (Å²) in [6.07, 6.45) is 2.82. The number of piperidine rings is 2. The van der Waals surface area contributed by atoms with E-state index in [4.69, 9.17) is 10.2 Å². The van der Waals surface area contributed by atoms with Gasteiger partial charge in [-0.15, -0.1) is 0 Å². The van der Waals surface area contributed by atoms with Crippen LogP contribution in [0.3, 0.4) is 0 Å². The highest BCUT2D eigenvalue weighted by atomic mass is 16.4. The van der Waals surface area contributed by atoms with Crippen molar-refractivity contribution in [3.8, 4) is 0 Å². The van der Waals surface area contributed by atoms with Gasteiger partial charge in [0.15, 0.2) is 0 Å². The van der Waals surface area contributed by atoms with E-state index in [1.807, 2.05) is 0 Å². The molecule has 0 spiro atoms. The van der Waals surface area contributed by atoms with Crippen molar-refractivity contribution in [1.29, 1.82) is 0 Å². The normalized spacial score (nSPS) is 21.8. The monoisotopic (exact) mass is 520 g/mol. The molecule has 37 heavy (non-hydrogen) atoms. The fraction of sp³-hybridized carbons (Fsp3) is 0.724. The highest BCUT2D eigenvalue weighted by molar-refractivity contribution is 5.88. The summed E-state index contributed by atoms with van der Waals surface area (Å²) in [5.41, 5.74) is 2.73. The predicted molar refractivity (Wildman–Crippen MR) is 154 cm³/mol. The van der Waals surface area contributed by atoms with Gasteiger partial charge in [0.1, 0.15) is 0 Å². The van der Waals surface area contributed by atoms with E-state index in [-0.39, 0.29) is 0 Å². The van der Waals surface area contributed by atoms with Gasteiger partial charge in [-0.05, 0) is 118 Å². The second-order valence-corrected chi connectivity index (χ2v) is 13.7. The van der Waals surface area contributed by atoms with Crippen LogP contribution in [0.5, 0.6) is 0 Å². The summed E-state index contributed by atoms with van der Waals surface area (Å²) in [4.78, 5) is 20.7. The first kappa shape index (κ1) is 32.7. The lowest BCUT2D eigenvalue weighted by Crippen LogP contribution is -2.57. The molecule has 212 valence electrons. The maximum absolute atomic E-state index is 10.4. The van der Waals surface area contributed by atoms with Crippen molar-refractivity contribution in [2.75, 3.05) is 10.6 Å². The fourth-order valence-electron chi connectivity index (χ4n) is 6.74. The van der Waals surface area contributed by atoms with Gasteiger partial charge in [-0.1, -0.05) is 19.9 Å². The Morgan fingerprint density at radius 1 is 0.730 bits per heavy atom. The van der Waals surface area contributed by atoms with E-state index < -0.39 is 12.2 Å². The molecule has 0 saturated carbocycles. The Kier molecular flexibility index (Phi) is 11.0. The number of rotatable bonds is 2. The number of benzene rings is 1. The topological polar surface area (TPSA) is 123 Å². The number of amides is 2. The van der Waals surface area contributed by atoms with Gasteiger partial charge >= 0.3 is 12.2 Å². The lowest BCUT2D eigenvalue weighted by molar-refractivity contribution is 0.137. The van der Waals surface area contributed by atoms with Gasteiger partial charge in [-0.25, -0.2) is 9.59 Å². The Morgan fingerprint density at radius 3 is 1.38 bits per heavy atom. The molecule has 0 bridgehead atoms. The van der Waals surface area contributed by atoms with Gasteiger partial charge in [-0.3, -0.25) is 10.6 Å². The molecule has 0 aliphatic carbocycles. The smallest absolute Gasteiger partial charge is 0.409 e. The van der Waals surface area contributed by atoms with Crippen LogP contribution >= 0.6 is 0 Å². The zero-order valence-electron chi connectivity index (χ0n) is 24.9. The van der Waals surface area contributed by atoms with Gasteiger partial charge in [-0.2, -0.15) is 0 Å². The summed E-state index contributed by atoms with van der Waals surface area (Å²) in [5.74, 6) is 1.72. The average Bonchev–Trinajstić information content (AvgIpc) is 2.58. The molecular formula is C29H52N4O4. The molecule has 1 aromatic carbocycles. The third-order valence-electron chi connectivity index (χ3n) is 6.52. The fourth-order valence-corrected chi connectivity index (χ4v) is 6.74. The second kappa shape index (κ2) is 12.5. The van der Waals surface area contributed by atoms with Crippen LogP contribution in [0.4, 0.5) is 21.0 Å².